The van der Waals surface area contributed by atoms with Crippen LogP contribution in [0.4, 0.5) is 5.00 Å². The van der Waals surface area contributed by atoms with Gasteiger partial charge in [0.2, 0.25) is 5.91 Å². The lowest BCUT2D eigenvalue weighted by atomic mass is 9.58. The highest BCUT2D eigenvalue weighted by Gasteiger charge is 2.50. The van der Waals surface area contributed by atoms with E-state index in [2.05, 4.69) is 5.32 Å². The lowest BCUT2D eigenvalue weighted by molar-refractivity contribution is -0.156. The number of thiophene rings is 1. The molecule has 136 valence electrons. The van der Waals surface area contributed by atoms with Crippen LogP contribution in [0.2, 0.25) is 0 Å². The monoisotopic (exact) mass is 365 g/mol. The average Bonchev–Trinajstić information content (AvgIpc) is 2.88. The highest BCUT2D eigenvalue weighted by atomic mass is 32.1. The number of carbonyl (C=O) groups excluding carboxylic acids is 2. The number of carboxylic acid groups (broad SMARTS) is 1. The van der Waals surface area contributed by atoms with Gasteiger partial charge in [0, 0.05) is 4.88 Å². The van der Waals surface area contributed by atoms with Gasteiger partial charge in [0.15, 0.2) is 0 Å². The number of anilines is 1. The molecule has 3 aliphatic carbocycles. The summed E-state index contributed by atoms with van der Waals surface area (Å²) >= 11 is 1.33. The zero-order chi connectivity index (χ0) is 18.3. The van der Waals surface area contributed by atoms with E-state index in [-0.39, 0.29) is 17.7 Å². The summed E-state index contributed by atoms with van der Waals surface area (Å²) in [7, 11) is 1.31. The molecule has 1 aromatic heterocycles. The number of fused-ring (bicyclic) bond motifs is 3. The van der Waals surface area contributed by atoms with Gasteiger partial charge in [-0.05, 0) is 56.9 Å². The Labute approximate surface area is 150 Å². The summed E-state index contributed by atoms with van der Waals surface area (Å²) in [5.41, 5.74) is 1.15. The van der Waals surface area contributed by atoms with Crippen LogP contribution in [0.15, 0.2) is 0 Å². The zero-order valence-corrected chi connectivity index (χ0v) is 15.4. The van der Waals surface area contributed by atoms with Crippen molar-refractivity contribution in [3.8, 4) is 0 Å². The van der Waals surface area contributed by atoms with Gasteiger partial charge in [0.05, 0.1) is 24.5 Å². The molecule has 0 spiro atoms. The molecule has 3 saturated carbocycles. The average molecular weight is 365 g/mol. The fourth-order valence-electron chi connectivity index (χ4n) is 4.44. The SMILES string of the molecule is COC(=O)c1c(NC(=O)C2C3CCC(CC3)C2C(=O)O)sc(C)c1C. The first-order valence-electron chi connectivity index (χ1n) is 8.57. The Bertz CT molecular complexity index is 717. The summed E-state index contributed by atoms with van der Waals surface area (Å²) in [5.74, 6) is -2.64. The standard InChI is InChI=1S/C18H23NO5S/c1-8-9(2)25-16(12(8)18(23)24-3)19-15(20)13-10-4-6-11(7-5-10)14(13)17(21)22/h10-11,13-14H,4-7H2,1-3H3,(H,19,20)(H,21,22). The van der Waals surface area contributed by atoms with Gasteiger partial charge < -0.3 is 15.2 Å². The number of amides is 1. The van der Waals surface area contributed by atoms with Crippen LogP contribution in [0, 0.1) is 37.5 Å². The number of hydrogen-bond acceptors (Lipinski definition) is 5. The third-order valence-corrected chi connectivity index (χ3v) is 6.94. The van der Waals surface area contributed by atoms with Gasteiger partial charge in [0.1, 0.15) is 5.00 Å². The van der Waals surface area contributed by atoms with E-state index >= 15 is 0 Å². The third kappa shape index (κ3) is 3.05. The molecule has 0 aliphatic heterocycles. The summed E-state index contributed by atoms with van der Waals surface area (Å²) in [6, 6.07) is 0. The molecule has 7 heteroatoms. The highest BCUT2D eigenvalue weighted by Crippen LogP contribution is 2.49. The molecule has 4 rings (SSSR count). The van der Waals surface area contributed by atoms with Crippen LogP contribution in [0.25, 0.3) is 0 Å². The van der Waals surface area contributed by atoms with Gasteiger partial charge in [-0.3, -0.25) is 9.59 Å². The highest BCUT2D eigenvalue weighted by molar-refractivity contribution is 7.16. The molecule has 0 saturated heterocycles. The van der Waals surface area contributed by atoms with E-state index in [1.807, 2.05) is 13.8 Å². The molecule has 3 fully saturated rings. The van der Waals surface area contributed by atoms with E-state index in [1.165, 1.54) is 18.4 Å². The van der Waals surface area contributed by atoms with Crippen LogP contribution in [-0.2, 0) is 14.3 Å². The second-order valence-corrected chi connectivity index (χ2v) is 8.26. The Kier molecular flexibility index (Phi) is 4.86. The number of ether oxygens (including phenoxy) is 1. The third-order valence-electron chi connectivity index (χ3n) is 5.82. The summed E-state index contributed by atoms with van der Waals surface area (Å²) in [6.45, 7) is 3.70. The Hall–Kier alpha value is -1.89. The zero-order valence-electron chi connectivity index (χ0n) is 14.6. The van der Waals surface area contributed by atoms with E-state index in [0.717, 1.165) is 36.1 Å². The minimum atomic E-state index is -0.888. The predicted molar refractivity (Wildman–Crippen MR) is 93.8 cm³/mol. The Balaban J connectivity index is 1.88. The van der Waals surface area contributed by atoms with Gasteiger partial charge >= 0.3 is 11.9 Å². The summed E-state index contributed by atoms with van der Waals surface area (Å²) in [4.78, 5) is 37.7. The minimum absolute atomic E-state index is 0.0742. The molecule has 2 unspecified atom stereocenters. The number of carboxylic acids is 1. The summed E-state index contributed by atoms with van der Waals surface area (Å²) < 4.78 is 4.83. The smallest absolute Gasteiger partial charge is 0.341 e. The molecular formula is C18H23NO5S. The Morgan fingerprint density at radius 1 is 1.08 bits per heavy atom. The van der Waals surface area contributed by atoms with Crippen molar-refractivity contribution < 1.29 is 24.2 Å². The van der Waals surface area contributed by atoms with E-state index in [0.29, 0.717) is 10.6 Å². The molecule has 1 heterocycles. The van der Waals surface area contributed by atoms with E-state index < -0.39 is 23.8 Å². The second kappa shape index (κ2) is 6.78. The number of nitrogens with one attached hydrogen (secondary N) is 1. The van der Waals surface area contributed by atoms with Crippen LogP contribution in [0.1, 0.15) is 46.5 Å². The molecule has 2 N–H and O–H groups in total. The van der Waals surface area contributed by atoms with Crippen molar-refractivity contribution in [1.82, 2.24) is 0 Å². The molecule has 0 aromatic carbocycles. The second-order valence-electron chi connectivity index (χ2n) is 7.03. The minimum Gasteiger partial charge on any atom is -0.481 e. The maximum Gasteiger partial charge on any atom is 0.341 e. The lowest BCUT2D eigenvalue weighted by Crippen LogP contribution is -2.49. The Morgan fingerprint density at radius 3 is 2.16 bits per heavy atom. The molecule has 2 atom stereocenters. The number of carbonyl (C=O) groups is 3. The van der Waals surface area contributed by atoms with Gasteiger partial charge in [-0.25, -0.2) is 4.79 Å². The fraction of sp³-hybridized carbons (Fsp3) is 0.611. The number of hydrogen-bond donors (Lipinski definition) is 2. The van der Waals surface area contributed by atoms with Crippen molar-refractivity contribution in [3.05, 3.63) is 16.0 Å². The molecule has 1 amide bonds. The van der Waals surface area contributed by atoms with Crippen LogP contribution < -0.4 is 5.32 Å². The Morgan fingerprint density at radius 2 is 1.64 bits per heavy atom. The van der Waals surface area contributed by atoms with E-state index in [1.54, 1.807) is 0 Å². The van der Waals surface area contributed by atoms with Crippen molar-refractivity contribution in [2.45, 2.75) is 39.5 Å². The fourth-order valence-corrected chi connectivity index (χ4v) is 5.49. The normalized spacial score (nSPS) is 27.8. The van der Waals surface area contributed by atoms with Crippen molar-refractivity contribution in [2.24, 2.45) is 23.7 Å². The van der Waals surface area contributed by atoms with E-state index in [4.69, 9.17) is 4.74 Å². The molecule has 6 nitrogen and oxygen atoms in total. The van der Waals surface area contributed by atoms with Gasteiger partial charge in [0.25, 0.3) is 0 Å². The largest absolute Gasteiger partial charge is 0.481 e. The number of aliphatic carboxylic acids is 1. The van der Waals surface area contributed by atoms with Crippen molar-refractivity contribution >= 4 is 34.2 Å². The van der Waals surface area contributed by atoms with Crippen LogP contribution in [0.5, 0.6) is 0 Å². The first kappa shape index (κ1) is 17.9. The van der Waals surface area contributed by atoms with Crippen LogP contribution >= 0.6 is 11.3 Å². The number of methoxy groups -OCH3 is 1. The van der Waals surface area contributed by atoms with Crippen LogP contribution in [-0.4, -0.2) is 30.1 Å². The number of esters is 1. The lowest BCUT2D eigenvalue weighted by Gasteiger charge is -2.45. The molecule has 2 bridgehead atoms. The van der Waals surface area contributed by atoms with Crippen molar-refractivity contribution in [3.63, 3.8) is 0 Å². The first-order valence-corrected chi connectivity index (χ1v) is 9.38. The van der Waals surface area contributed by atoms with Crippen molar-refractivity contribution in [1.29, 1.82) is 0 Å². The van der Waals surface area contributed by atoms with E-state index in [9.17, 15) is 19.5 Å². The number of rotatable bonds is 4. The maximum absolute atomic E-state index is 12.9. The van der Waals surface area contributed by atoms with Gasteiger partial charge in [-0.2, -0.15) is 0 Å². The molecule has 0 radical (unpaired) electrons. The first-order chi connectivity index (χ1) is 11.8. The summed E-state index contributed by atoms with van der Waals surface area (Å²) in [5, 5.41) is 12.9. The quantitative estimate of drug-likeness (QED) is 0.799. The van der Waals surface area contributed by atoms with Crippen LogP contribution in [0.3, 0.4) is 0 Å². The number of aryl methyl sites for hydroxylation is 1. The predicted octanol–water partition coefficient (Wildman–Crippen LogP) is 3.23. The molecule has 25 heavy (non-hydrogen) atoms. The maximum atomic E-state index is 12.9. The molecule has 3 aliphatic rings. The molecular weight excluding hydrogens is 342 g/mol. The van der Waals surface area contributed by atoms with Gasteiger partial charge in [-0.15, -0.1) is 11.3 Å². The van der Waals surface area contributed by atoms with Gasteiger partial charge in [-0.1, -0.05) is 0 Å². The topological polar surface area (TPSA) is 92.7 Å². The van der Waals surface area contributed by atoms with Crippen molar-refractivity contribution in [2.75, 3.05) is 12.4 Å². The summed E-state index contributed by atoms with van der Waals surface area (Å²) in [6.07, 6.45) is 3.57. The molecule has 1 aromatic rings.